The van der Waals surface area contributed by atoms with E-state index in [0.29, 0.717) is 17.3 Å². The summed E-state index contributed by atoms with van der Waals surface area (Å²) in [4.78, 5) is 0. The van der Waals surface area contributed by atoms with Gasteiger partial charge in [0, 0.05) is 16.3 Å². The maximum Gasteiger partial charge on any atom is 0.120 e. The summed E-state index contributed by atoms with van der Waals surface area (Å²) in [6.07, 6.45) is 0. The zero-order valence-electron chi connectivity index (χ0n) is 9.61. The van der Waals surface area contributed by atoms with E-state index in [-0.39, 0.29) is 0 Å². The van der Waals surface area contributed by atoms with Crippen LogP contribution in [-0.2, 0) is 6.61 Å². The van der Waals surface area contributed by atoms with Crippen molar-refractivity contribution >= 4 is 17.3 Å². The second-order valence-electron chi connectivity index (χ2n) is 3.95. The molecule has 2 aromatic rings. The van der Waals surface area contributed by atoms with Gasteiger partial charge in [-0.15, -0.1) is 0 Å². The molecular formula is C14H14ClNO. The molecule has 0 amide bonds. The number of nitrogens with two attached hydrogens (primary N) is 1. The summed E-state index contributed by atoms with van der Waals surface area (Å²) in [7, 11) is 0. The molecule has 0 aliphatic rings. The molecule has 0 bridgehead atoms. The summed E-state index contributed by atoms with van der Waals surface area (Å²) in [6, 6.07) is 13.3. The SMILES string of the molecule is Cc1cccc(OCc2cc(Cl)ccc2N)c1. The number of nitrogen functional groups attached to an aromatic ring is 1. The fourth-order valence-corrected chi connectivity index (χ4v) is 1.76. The van der Waals surface area contributed by atoms with Gasteiger partial charge in [0.15, 0.2) is 0 Å². The molecule has 0 fully saturated rings. The van der Waals surface area contributed by atoms with Crippen molar-refractivity contribution in [2.45, 2.75) is 13.5 Å². The molecule has 0 unspecified atom stereocenters. The van der Waals surface area contributed by atoms with E-state index in [1.54, 1.807) is 12.1 Å². The number of benzene rings is 2. The van der Waals surface area contributed by atoms with Crippen LogP contribution in [0.25, 0.3) is 0 Å². The maximum atomic E-state index is 5.91. The average Bonchev–Trinajstić information content (AvgIpc) is 2.30. The van der Waals surface area contributed by atoms with Crippen molar-refractivity contribution in [3.63, 3.8) is 0 Å². The zero-order valence-corrected chi connectivity index (χ0v) is 10.4. The fraction of sp³-hybridized carbons (Fsp3) is 0.143. The molecule has 0 spiro atoms. The minimum atomic E-state index is 0.426. The number of anilines is 1. The summed E-state index contributed by atoms with van der Waals surface area (Å²) in [5.74, 6) is 0.837. The number of rotatable bonds is 3. The molecule has 2 N–H and O–H groups in total. The lowest BCUT2D eigenvalue weighted by Gasteiger charge is -2.09. The lowest BCUT2D eigenvalue weighted by molar-refractivity contribution is 0.306. The third-order valence-corrected chi connectivity index (χ3v) is 2.72. The molecule has 0 heterocycles. The van der Waals surface area contributed by atoms with E-state index in [0.717, 1.165) is 11.3 Å². The molecule has 0 aliphatic carbocycles. The number of ether oxygens (including phenoxy) is 1. The van der Waals surface area contributed by atoms with Gasteiger partial charge in [0.1, 0.15) is 12.4 Å². The van der Waals surface area contributed by atoms with Crippen molar-refractivity contribution in [3.8, 4) is 5.75 Å². The highest BCUT2D eigenvalue weighted by Gasteiger charge is 2.01. The number of halogens is 1. The minimum absolute atomic E-state index is 0.426. The van der Waals surface area contributed by atoms with Gasteiger partial charge in [0.2, 0.25) is 0 Å². The summed E-state index contributed by atoms with van der Waals surface area (Å²) < 4.78 is 5.67. The molecule has 0 aliphatic heterocycles. The van der Waals surface area contributed by atoms with Gasteiger partial charge in [0.05, 0.1) is 0 Å². The standard InChI is InChI=1S/C14H14ClNO/c1-10-3-2-4-13(7-10)17-9-11-8-12(15)5-6-14(11)16/h2-8H,9,16H2,1H3. The van der Waals surface area contributed by atoms with Crippen LogP contribution in [-0.4, -0.2) is 0 Å². The minimum Gasteiger partial charge on any atom is -0.489 e. The van der Waals surface area contributed by atoms with Crippen molar-refractivity contribution < 1.29 is 4.74 Å². The normalized spacial score (nSPS) is 10.2. The van der Waals surface area contributed by atoms with Crippen LogP contribution in [0, 0.1) is 6.92 Å². The zero-order chi connectivity index (χ0) is 12.3. The molecule has 3 heteroatoms. The van der Waals surface area contributed by atoms with Crippen LogP contribution < -0.4 is 10.5 Å². The Labute approximate surface area is 106 Å². The van der Waals surface area contributed by atoms with Crippen molar-refractivity contribution in [2.24, 2.45) is 0 Å². The van der Waals surface area contributed by atoms with Crippen LogP contribution >= 0.6 is 11.6 Å². The van der Waals surface area contributed by atoms with E-state index in [2.05, 4.69) is 0 Å². The van der Waals surface area contributed by atoms with Gasteiger partial charge in [-0.05, 0) is 42.8 Å². The van der Waals surface area contributed by atoms with Gasteiger partial charge in [-0.25, -0.2) is 0 Å². The largest absolute Gasteiger partial charge is 0.489 e. The van der Waals surface area contributed by atoms with E-state index in [1.165, 1.54) is 5.56 Å². The summed E-state index contributed by atoms with van der Waals surface area (Å²) in [6.45, 7) is 2.45. The Kier molecular flexibility index (Phi) is 3.55. The molecule has 0 aromatic heterocycles. The van der Waals surface area contributed by atoms with Crippen LogP contribution in [0.2, 0.25) is 5.02 Å². The molecule has 2 aromatic carbocycles. The predicted molar refractivity (Wildman–Crippen MR) is 71.4 cm³/mol. The van der Waals surface area contributed by atoms with Crippen LogP contribution in [0.1, 0.15) is 11.1 Å². The molecule has 88 valence electrons. The van der Waals surface area contributed by atoms with Crippen molar-refractivity contribution in [3.05, 3.63) is 58.6 Å². The second-order valence-corrected chi connectivity index (χ2v) is 4.38. The number of aryl methyl sites for hydroxylation is 1. The summed E-state index contributed by atoms with van der Waals surface area (Å²) >= 11 is 5.91. The lowest BCUT2D eigenvalue weighted by Crippen LogP contribution is -2.00. The van der Waals surface area contributed by atoms with Gasteiger partial charge >= 0.3 is 0 Å². The third kappa shape index (κ3) is 3.14. The molecule has 0 saturated heterocycles. The van der Waals surface area contributed by atoms with Gasteiger partial charge < -0.3 is 10.5 Å². The topological polar surface area (TPSA) is 35.2 Å². The third-order valence-electron chi connectivity index (χ3n) is 2.49. The molecule has 2 nitrogen and oxygen atoms in total. The highest BCUT2D eigenvalue weighted by molar-refractivity contribution is 6.30. The Bertz CT molecular complexity index is 525. The monoisotopic (exact) mass is 247 g/mol. The van der Waals surface area contributed by atoms with E-state index in [1.807, 2.05) is 37.3 Å². The van der Waals surface area contributed by atoms with E-state index in [4.69, 9.17) is 22.1 Å². The molecule has 17 heavy (non-hydrogen) atoms. The van der Waals surface area contributed by atoms with E-state index >= 15 is 0 Å². The quantitative estimate of drug-likeness (QED) is 0.837. The second kappa shape index (κ2) is 5.11. The molecule has 0 saturated carbocycles. The fourth-order valence-electron chi connectivity index (χ4n) is 1.57. The summed E-state index contributed by atoms with van der Waals surface area (Å²) in [5, 5.41) is 0.669. The lowest BCUT2D eigenvalue weighted by atomic mass is 10.2. The number of hydrogen-bond donors (Lipinski definition) is 1. The Balaban J connectivity index is 2.09. The van der Waals surface area contributed by atoms with Crippen LogP contribution in [0.5, 0.6) is 5.75 Å². The van der Waals surface area contributed by atoms with Gasteiger partial charge in [0.25, 0.3) is 0 Å². The van der Waals surface area contributed by atoms with Gasteiger partial charge in [-0.2, -0.15) is 0 Å². The molecule has 2 rings (SSSR count). The Hall–Kier alpha value is -1.67. The van der Waals surface area contributed by atoms with Crippen molar-refractivity contribution in [2.75, 3.05) is 5.73 Å². The van der Waals surface area contributed by atoms with Gasteiger partial charge in [-0.3, -0.25) is 0 Å². The summed E-state index contributed by atoms with van der Waals surface area (Å²) in [5.41, 5.74) is 8.61. The predicted octanol–water partition coefficient (Wildman–Crippen LogP) is 3.81. The Morgan fingerprint density at radius 1 is 1.18 bits per heavy atom. The first-order valence-electron chi connectivity index (χ1n) is 5.38. The molecule has 0 atom stereocenters. The Morgan fingerprint density at radius 3 is 2.76 bits per heavy atom. The first-order chi connectivity index (χ1) is 8.15. The Morgan fingerprint density at radius 2 is 2.00 bits per heavy atom. The highest BCUT2D eigenvalue weighted by atomic mass is 35.5. The van der Waals surface area contributed by atoms with E-state index < -0.39 is 0 Å². The van der Waals surface area contributed by atoms with E-state index in [9.17, 15) is 0 Å². The first-order valence-corrected chi connectivity index (χ1v) is 5.76. The van der Waals surface area contributed by atoms with Crippen molar-refractivity contribution in [1.29, 1.82) is 0 Å². The van der Waals surface area contributed by atoms with Crippen molar-refractivity contribution in [1.82, 2.24) is 0 Å². The van der Waals surface area contributed by atoms with Crippen LogP contribution in [0.3, 0.4) is 0 Å². The van der Waals surface area contributed by atoms with Crippen LogP contribution in [0.4, 0.5) is 5.69 Å². The molecule has 0 radical (unpaired) electrons. The average molecular weight is 248 g/mol. The van der Waals surface area contributed by atoms with Crippen LogP contribution in [0.15, 0.2) is 42.5 Å². The number of hydrogen-bond acceptors (Lipinski definition) is 2. The first kappa shape index (κ1) is 11.8. The smallest absolute Gasteiger partial charge is 0.120 e. The maximum absolute atomic E-state index is 5.91. The molecular weight excluding hydrogens is 234 g/mol. The highest BCUT2D eigenvalue weighted by Crippen LogP contribution is 2.20. The van der Waals surface area contributed by atoms with Gasteiger partial charge in [-0.1, -0.05) is 23.7 Å².